The molecule has 1 N–H and O–H groups in total. The quantitative estimate of drug-likeness (QED) is 0.775. The fourth-order valence-corrected chi connectivity index (χ4v) is 1.64. The second-order valence-corrected chi connectivity index (χ2v) is 4.40. The third-order valence-corrected chi connectivity index (χ3v) is 2.92. The number of hydrogen-bond donors (Lipinski definition) is 1. The molecule has 0 spiro atoms. The predicted octanol–water partition coefficient (Wildman–Crippen LogP) is 2.84. The molecular formula is C13H15FO3. The molecule has 1 aromatic carbocycles. The lowest BCUT2D eigenvalue weighted by Gasteiger charge is -2.05. The van der Waals surface area contributed by atoms with Crippen LogP contribution in [-0.4, -0.2) is 17.7 Å². The van der Waals surface area contributed by atoms with Crippen molar-refractivity contribution in [3.8, 4) is 0 Å². The molecule has 0 bridgehead atoms. The molecule has 1 aromatic rings. The van der Waals surface area contributed by atoms with Crippen LogP contribution < -0.4 is 0 Å². The monoisotopic (exact) mass is 238 g/mol. The first-order valence-electron chi connectivity index (χ1n) is 5.76. The van der Waals surface area contributed by atoms with Crippen LogP contribution in [0.15, 0.2) is 18.2 Å². The Morgan fingerprint density at radius 2 is 2.24 bits per heavy atom. The number of halogens is 1. The molecule has 2 rings (SSSR count). The van der Waals surface area contributed by atoms with Gasteiger partial charge in [-0.05, 0) is 24.5 Å². The van der Waals surface area contributed by atoms with E-state index in [1.165, 1.54) is 25.0 Å². The Bertz CT molecular complexity index is 413. The van der Waals surface area contributed by atoms with Crippen LogP contribution in [0.1, 0.15) is 35.2 Å². The molecule has 1 saturated carbocycles. The van der Waals surface area contributed by atoms with Gasteiger partial charge in [-0.2, -0.15) is 0 Å². The molecule has 0 saturated heterocycles. The molecule has 0 heterocycles. The van der Waals surface area contributed by atoms with E-state index in [0.717, 1.165) is 18.4 Å². The summed E-state index contributed by atoms with van der Waals surface area (Å²) in [6, 6.07) is 3.89. The Kier molecular flexibility index (Phi) is 3.74. The van der Waals surface area contributed by atoms with Crippen molar-refractivity contribution in [2.24, 2.45) is 5.92 Å². The zero-order valence-electron chi connectivity index (χ0n) is 9.49. The number of benzene rings is 1. The van der Waals surface area contributed by atoms with Crippen LogP contribution in [-0.2, 0) is 11.3 Å². The smallest absolute Gasteiger partial charge is 0.335 e. The van der Waals surface area contributed by atoms with E-state index in [-0.39, 0.29) is 12.2 Å². The molecule has 1 fully saturated rings. The van der Waals surface area contributed by atoms with Gasteiger partial charge in [-0.15, -0.1) is 0 Å². The van der Waals surface area contributed by atoms with E-state index in [1.807, 2.05) is 0 Å². The van der Waals surface area contributed by atoms with E-state index < -0.39 is 11.8 Å². The predicted molar refractivity (Wildman–Crippen MR) is 60.4 cm³/mol. The van der Waals surface area contributed by atoms with Gasteiger partial charge in [0, 0.05) is 12.2 Å². The summed E-state index contributed by atoms with van der Waals surface area (Å²) >= 11 is 0. The lowest BCUT2D eigenvalue weighted by molar-refractivity contribution is 0.0696. The molecule has 92 valence electrons. The Morgan fingerprint density at radius 3 is 2.82 bits per heavy atom. The van der Waals surface area contributed by atoms with Gasteiger partial charge in [0.2, 0.25) is 0 Å². The first kappa shape index (κ1) is 12.0. The average Bonchev–Trinajstić information content (AvgIpc) is 3.09. The Balaban J connectivity index is 1.84. The molecule has 0 unspecified atom stereocenters. The van der Waals surface area contributed by atoms with Gasteiger partial charge in [-0.3, -0.25) is 0 Å². The standard InChI is InChI=1S/C13H15FO3/c14-12-7-10(13(15)16)3-4-11(12)8-17-6-5-9-1-2-9/h3-4,7,9H,1-2,5-6,8H2,(H,15,16). The maximum Gasteiger partial charge on any atom is 0.335 e. The van der Waals surface area contributed by atoms with E-state index in [4.69, 9.17) is 9.84 Å². The van der Waals surface area contributed by atoms with Gasteiger partial charge in [-0.1, -0.05) is 18.9 Å². The number of carbonyl (C=O) groups is 1. The normalized spacial score (nSPS) is 14.9. The molecule has 1 aliphatic rings. The highest BCUT2D eigenvalue weighted by atomic mass is 19.1. The molecule has 0 amide bonds. The van der Waals surface area contributed by atoms with Crippen molar-refractivity contribution in [2.45, 2.75) is 25.9 Å². The molecule has 0 atom stereocenters. The molecule has 3 nitrogen and oxygen atoms in total. The molecule has 4 heteroatoms. The topological polar surface area (TPSA) is 46.5 Å². The van der Waals surface area contributed by atoms with Gasteiger partial charge >= 0.3 is 5.97 Å². The van der Waals surface area contributed by atoms with Gasteiger partial charge in [0.25, 0.3) is 0 Å². The second kappa shape index (κ2) is 5.27. The summed E-state index contributed by atoms with van der Waals surface area (Å²) in [4.78, 5) is 10.6. The van der Waals surface area contributed by atoms with Crippen molar-refractivity contribution in [3.63, 3.8) is 0 Å². The molecule has 0 aromatic heterocycles. The largest absolute Gasteiger partial charge is 0.478 e. The second-order valence-electron chi connectivity index (χ2n) is 4.40. The summed E-state index contributed by atoms with van der Waals surface area (Å²) in [6.45, 7) is 0.850. The number of rotatable bonds is 6. The minimum Gasteiger partial charge on any atom is -0.478 e. The molecule has 17 heavy (non-hydrogen) atoms. The lowest BCUT2D eigenvalue weighted by atomic mass is 10.1. The highest BCUT2D eigenvalue weighted by molar-refractivity contribution is 5.87. The molecular weight excluding hydrogens is 223 g/mol. The maximum atomic E-state index is 13.5. The highest BCUT2D eigenvalue weighted by Gasteiger charge is 2.20. The first-order chi connectivity index (χ1) is 8.16. The van der Waals surface area contributed by atoms with E-state index in [1.54, 1.807) is 0 Å². The molecule has 1 aliphatic carbocycles. The lowest BCUT2D eigenvalue weighted by Crippen LogP contribution is -2.02. The van der Waals surface area contributed by atoms with Crippen molar-refractivity contribution in [1.82, 2.24) is 0 Å². The third kappa shape index (κ3) is 3.53. The number of hydrogen-bond acceptors (Lipinski definition) is 2. The van der Waals surface area contributed by atoms with Crippen molar-refractivity contribution in [2.75, 3.05) is 6.61 Å². The molecule has 0 radical (unpaired) electrons. The van der Waals surface area contributed by atoms with Gasteiger partial charge in [0.15, 0.2) is 0 Å². The van der Waals surface area contributed by atoms with Crippen molar-refractivity contribution in [1.29, 1.82) is 0 Å². The SMILES string of the molecule is O=C(O)c1ccc(COCCC2CC2)c(F)c1. The van der Waals surface area contributed by atoms with Gasteiger partial charge < -0.3 is 9.84 Å². The number of carboxylic acids is 1. The minimum absolute atomic E-state index is 0.0377. The summed E-state index contributed by atoms with van der Waals surface area (Å²) in [5.41, 5.74) is 0.370. The summed E-state index contributed by atoms with van der Waals surface area (Å²) < 4.78 is 18.8. The Hall–Kier alpha value is -1.42. The zero-order valence-corrected chi connectivity index (χ0v) is 9.49. The average molecular weight is 238 g/mol. The maximum absolute atomic E-state index is 13.5. The number of aromatic carboxylic acids is 1. The van der Waals surface area contributed by atoms with E-state index >= 15 is 0 Å². The van der Waals surface area contributed by atoms with Crippen molar-refractivity contribution in [3.05, 3.63) is 35.1 Å². The fourth-order valence-electron chi connectivity index (χ4n) is 1.64. The first-order valence-corrected chi connectivity index (χ1v) is 5.76. The van der Waals surface area contributed by atoms with Gasteiger partial charge in [0.1, 0.15) is 5.82 Å². The van der Waals surface area contributed by atoms with Crippen LogP contribution in [0.3, 0.4) is 0 Å². The van der Waals surface area contributed by atoms with Crippen LogP contribution in [0.4, 0.5) is 4.39 Å². The van der Waals surface area contributed by atoms with E-state index in [0.29, 0.717) is 12.2 Å². The van der Waals surface area contributed by atoms with E-state index in [9.17, 15) is 9.18 Å². The highest BCUT2D eigenvalue weighted by Crippen LogP contribution is 2.32. The van der Waals surface area contributed by atoms with Crippen LogP contribution in [0.25, 0.3) is 0 Å². The van der Waals surface area contributed by atoms with Crippen molar-refractivity contribution >= 4 is 5.97 Å². The number of carboxylic acid groups (broad SMARTS) is 1. The van der Waals surface area contributed by atoms with Crippen molar-refractivity contribution < 1.29 is 19.0 Å². The third-order valence-electron chi connectivity index (χ3n) is 2.92. The van der Waals surface area contributed by atoms with Crippen LogP contribution in [0.5, 0.6) is 0 Å². The summed E-state index contributed by atoms with van der Waals surface area (Å²) in [6.07, 6.45) is 3.60. The number of ether oxygens (including phenoxy) is 1. The van der Waals surface area contributed by atoms with Gasteiger partial charge in [-0.25, -0.2) is 9.18 Å². The summed E-state index contributed by atoms with van der Waals surface area (Å²) in [5.74, 6) is -0.837. The van der Waals surface area contributed by atoms with Crippen LogP contribution in [0.2, 0.25) is 0 Å². The van der Waals surface area contributed by atoms with E-state index in [2.05, 4.69) is 0 Å². The minimum atomic E-state index is -1.12. The Labute approximate surface area is 99.2 Å². The van der Waals surface area contributed by atoms with Crippen LogP contribution in [0, 0.1) is 11.7 Å². The summed E-state index contributed by atoms with van der Waals surface area (Å²) in [7, 11) is 0. The Morgan fingerprint density at radius 1 is 1.47 bits per heavy atom. The van der Waals surface area contributed by atoms with Gasteiger partial charge in [0.05, 0.1) is 12.2 Å². The van der Waals surface area contributed by atoms with Crippen LogP contribution >= 0.6 is 0 Å². The fraction of sp³-hybridized carbons (Fsp3) is 0.462. The molecule has 0 aliphatic heterocycles. The summed E-state index contributed by atoms with van der Waals surface area (Å²) in [5, 5.41) is 8.68. The zero-order chi connectivity index (χ0) is 12.3.